The van der Waals surface area contributed by atoms with Gasteiger partial charge in [-0.05, 0) is 248 Å². The number of hydrogen-bond acceptors (Lipinski definition) is 25. The third-order valence-corrected chi connectivity index (χ3v) is 28.8. The molecule has 0 fully saturated rings. The van der Waals surface area contributed by atoms with Crippen LogP contribution in [0.3, 0.4) is 0 Å². The Labute approximate surface area is 797 Å². The molecule has 690 valence electrons. The number of anilines is 5. The van der Waals surface area contributed by atoms with E-state index in [1.807, 2.05) is 162 Å². The number of thiophene rings is 5. The minimum Gasteiger partial charge on any atom is -0.513 e. The third kappa shape index (κ3) is 25.1. The van der Waals surface area contributed by atoms with E-state index in [4.69, 9.17) is 33.8 Å². The second kappa shape index (κ2) is 44.5. The number of benzene rings is 5. The minimum atomic E-state index is -0.194. The molecule has 17 N–H and O–H groups in total. The van der Waals surface area contributed by atoms with Crippen LogP contribution in [0.1, 0.15) is 176 Å². The number of hydrogen-bond donors (Lipinski definition) is 12. The van der Waals surface area contributed by atoms with Gasteiger partial charge in [-0.2, -0.15) is 0 Å². The number of nitrogens with zero attached hydrogens (tertiary/aromatic N) is 5. The number of rotatable bonds is 28. The predicted molar refractivity (Wildman–Crippen MR) is 545 cm³/mol. The van der Waals surface area contributed by atoms with Gasteiger partial charge in [-0.25, -0.2) is 24.9 Å². The van der Waals surface area contributed by atoms with E-state index >= 15 is 0 Å². The highest BCUT2D eigenvalue weighted by atomic mass is 32.1. The number of fused-ring (bicyclic) bond motifs is 7. The van der Waals surface area contributed by atoms with Crippen molar-refractivity contribution in [3.05, 3.63) is 314 Å². The molecular formula is C104H109N15O10S5. The van der Waals surface area contributed by atoms with E-state index in [1.165, 1.54) is 90.1 Å². The second-order valence-corrected chi connectivity index (χ2v) is 38.6. The molecular weight excluding hydrogens is 1780 g/mol. The summed E-state index contributed by atoms with van der Waals surface area (Å²) in [4.78, 5) is 126. The molecule has 0 radical (unpaired) electrons. The van der Waals surface area contributed by atoms with Crippen molar-refractivity contribution in [2.24, 2.45) is 11.8 Å². The van der Waals surface area contributed by atoms with Crippen LogP contribution in [-0.2, 0) is 80.2 Å². The molecule has 10 heterocycles. The Morgan fingerprint density at radius 2 is 0.590 bits per heavy atom. The van der Waals surface area contributed by atoms with Gasteiger partial charge in [-0.15, -0.1) is 56.7 Å². The fourth-order valence-corrected chi connectivity index (χ4v) is 21.0. The second-order valence-electron chi connectivity index (χ2n) is 33.6. The topological polar surface area (TPSA) is 432 Å². The molecule has 5 amide bonds. The van der Waals surface area contributed by atoms with E-state index in [9.17, 15) is 43.5 Å². The summed E-state index contributed by atoms with van der Waals surface area (Å²) < 4.78 is 0. The van der Waals surface area contributed by atoms with Crippen molar-refractivity contribution >= 4 is 183 Å². The van der Waals surface area contributed by atoms with Crippen LogP contribution in [0, 0.1) is 46.5 Å². The zero-order valence-corrected chi connectivity index (χ0v) is 80.2. The normalized spacial score (nSPS) is 12.8. The van der Waals surface area contributed by atoms with Gasteiger partial charge >= 0.3 is 0 Å². The number of pyridine rings is 5. The van der Waals surface area contributed by atoms with E-state index < -0.39 is 0 Å². The molecule has 0 aliphatic heterocycles. The summed E-state index contributed by atoms with van der Waals surface area (Å²) in [6.45, 7) is 24.0. The van der Waals surface area contributed by atoms with Crippen LogP contribution in [0.4, 0.5) is 28.4 Å². The Morgan fingerprint density at radius 3 is 0.866 bits per heavy atom. The van der Waals surface area contributed by atoms with Crippen molar-refractivity contribution in [1.82, 2.24) is 51.5 Å². The first-order valence-corrected chi connectivity index (χ1v) is 48.2. The predicted octanol–water partition coefficient (Wildman–Crippen LogP) is 18.2. The fourth-order valence-electron chi connectivity index (χ4n) is 15.7. The monoisotopic (exact) mass is 1890 g/mol. The number of nitrogens with one attached hydrogen (secondary N) is 5. The fraction of sp³-hybridized carbons (Fsp3) is 0.260. The summed E-state index contributed by atoms with van der Waals surface area (Å²) in [5, 5.41) is 37.2. The number of ketones is 3. The average Bonchev–Trinajstić information content (AvgIpc) is 1.65. The number of aryl methyl sites for hydroxylation is 6. The zero-order valence-electron chi connectivity index (χ0n) is 76.1. The van der Waals surface area contributed by atoms with Gasteiger partial charge in [0.1, 0.15) is 60.1 Å². The molecule has 0 bridgehead atoms. The molecule has 10 aromatic heterocycles. The van der Waals surface area contributed by atoms with Gasteiger partial charge in [0.2, 0.25) is 0 Å². The molecule has 2 aliphatic rings. The first kappa shape index (κ1) is 97.6. The van der Waals surface area contributed by atoms with Gasteiger partial charge < -0.3 is 65.5 Å². The molecule has 25 nitrogen and oxygen atoms in total. The van der Waals surface area contributed by atoms with E-state index in [1.54, 1.807) is 26.8 Å². The van der Waals surface area contributed by atoms with Gasteiger partial charge in [0.25, 0.3) is 29.5 Å². The molecule has 134 heavy (non-hydrogen) atoms. The SMILES string of the molecule is C=C(O)CCc1ccc(CCNC(=O)c2sc3nc(C)ccc3c2N)cc1.C=C(O)Cc1ccc(CCNC(=O)c2sc3nc(C)ccc3c2N)cc1.CC(=O)[C@@H]1Cc2ccc(CCNC(=O)c3sc4nc(C)ccc4c3N)cc2C1.CC(=O)[C@H]1Cc2ccc(CCNC(=O)c3sc4nc(C)ccc4c3N)cc2C1.CC(=O)c1cccc(CCNC(=O)c2sc3nc(C)ccc3c2N)c1. The molecule has 2 aliphatic carbocycles. The Hall–Kier alpha value is -13.9. The Morgan fingerprint density at radius 1 is 0.328 bits per heavy atom. The molecule has 0 saturated heterocycles. The summed E-state index contributed by atoms with van der Waals surface area (Å²) in [5.41, 5.74) is 51.1. The number of aromatic nitrogens is 5. The number of aliphatic hydroxyl groups is 2. The summed E-state index contributed by atoms with van der Waals surface area (Å²) in [6, 6.07) is 55.3. The van der Waals surface area contributed by atoms with Crippen molar-refractivity contribution in [2.45, 2.75) is 132 Å². The van der Waals surface area contributed by atoms with Crippen molar-refractivity contribution in [2.75, 3.05) is 61.4 Å². The quantitative estimate of drug-likeness (QED) is 0.0160. The molecule has 15 aromatic rings. The molecule has 0 unspecified atom stereocenters. The van der Waals surface area contributed by atoms with Gasteiger partial charge in [-0.1, -0.05) is 116 Å². The number of Topliss-reactive ketones (excluding diaryl/α,β-unsaturated/α-hetero) is 3. The number of aliphatic hydroxyl groups excluding tert-OH is 2. The van der Waals surface area contributed by atoms with Crippen LogP contribution >= 0.6 is 56.7 Å². The first-order valence-electron chi connectivity index (χ1n) is 44.1. The lowest BCUT2D eigenvalue weighted by atomic mass is 10.0. The Bertz CT molecular complexity index is 6820. The van der Waals surface area contributed by atoms with E-state index in [0.29, 0.717) is 117 Å². The standard InChI is InChI=1S/2C22H23N3O2S.C21H23N3O2S.C20H21N3O2S.C19H19N3O2S/c2*1-12-3-6-18-19(23)20(28-22(18)25-12)21(27)24-8-7-14-4-5-15-10-16(13(2)26)11-17(15)9-14;1-13-3-10-17-18(22)19(27-21(17)24-13)20(26)23-12-11-16-8-6-15(7-9-16)5-4-14(2)25;1-12-3-8-16-17(21)18(26-20(16)23-12)19(25)22-10-9-14-4-6-15(7-5-14)11-13(2)24;1-11-6-7-15-16(20)17(25-19(15)22-11)18(24)21-9-8-13-4-3-5-14(10-13)12(2)23/h2*3-6,9,16H,7-8,10-11,23H2,1-2H3,(H,24,27);3,6-10,25H,2,4-5,11-12,22H2,1H3,(H,23,26);3-8,24H,2,9-11,21H2,1H3,(H,22,25);3-7,10H,8-9,20H2,1-2H3,(H,21,24)/t2*16-;;;/m10.../s1. The van der Waals surface area contributed by atoms with Gasteiger partial charge in [0.05, 0.1) is 40.0 Å². The summed E-state index contributed by atoms with van der Waals surface area (Å²) in [5.74, 6) is 0.313. The van der Waals surface area contributed by atoms with Crippen molar-refractivity contribution < 1.29 is 48.6 Å². The van der Waals surface area contributed by atoms with Gasteiger partial charge in [-0.3, -0.25) is 38.4 Å². The molecule has 5 aromatic carbocycles. The van der Waals surface area contributed by atoms with Crippen LogP contribution in [0.25, 0.3) is 51.1 Å². The molecule has 17 rings (SSSR count). The number of carbonyl (C=O) groups is 8. The van der Waals surface area contributed by atoms with Crippen LogP contribution in [-0.4, -0.2) is 115 Å². The van der Waals surface area contributed by atoms with E-state index in [-0.39, 0.29) is 70.2 Å². The summed E-state index contributed by atoms with van der Waals surface area (Å²) in [6.07, 6.45) is 8.73. The largest absolute Gasteiger partial charge is 0.513 e. The maximum atomic E-state index is 12.6. The smallest absolute Gasteiger partial charge is 0.263 e. The lowest BCUT2D eigenvalue weighted by molar-refractivity contribution is -0.121. The van der Waals surface area contributed by atoms with Crippen LogP contribution in [0.15, 0.2) is 195 Å². The number of amides is 5. The maximum Gasteiger partial charge on any atom is 0.263 e. The number of allylic oxidation sites excluding steroid dienone is 2. The highest BCUT2D eigenvalue weighted by molar-refractivity contribution is 7.22. The highest BCUT2D eigenvalue weighted by Crippen LogP contribution is 2.39. The number of nitrogens with two attached hydrogens (primary N) is 5. The molecule has 2 atom stereocenters. The molecule has 30 heteroatoms. The summed E-state index contributed by atoms with van der Waals surface area (Å²) in [7, 11) is 0. The van der Waals surface area contributed by atoms with E-state index in [2.05, 4.69) is 101 Å². The van der Waals surface area contributed by atoms with Crippen molar-refractivity contribution in [1.29, 1.82) is 0 Å². The first-order chi connectivity index (χ1) is 64.2. The van der Waals surface area contributed by atoms with E-state index in [0.717, 1.165) is 159 Å². The van der Waals surface area contributed by atoms with Crippen molar-refractivity contribution in [3.8, 4) is 0 Å². The van der Waals surface area contributed by atoms with Crippen LogP contribution < -0.4 is 55.3 Å². The Kier molecular flexibility index (Phi) is 32.4. The lowest BCUT2D eigenvalue weighted by Gasteiger charge is -2.07. The Balaban J connectivity index is 0.000000142. The lowest BCUT2D eigenvalue weighted by Crippen LogP contribution is -2.25. The molecule has 0 saturated carbocycles. The average molecular weight is 1890 g/mol. The highest BCUT2D eigenvalue weighted by Gasteiger charge is 2.29. The maximum absolute atomic E-state index is 12.6. The van der Waals surface area contributed by atoms with Crippen LogP contribution in [0.5, 0.6) is 0 Å². The molecule has 0 spiro atoms. The van der Waals surface area contributed by atoms with Crippen molar-refractivity contribution in [3.63, 3.8) is 0 Å². The third-order valence-electron chi connectivity index (χ3n) is 23.2. The van der Waals surface area contributed by atoms with Gasteiger partial charge in [0.15, 0.2) is 5.78 Å². The number of carbonyl (C=O) groups excluding carboxylic acids is 8. The van der Waals surface area contributed by atoms with Crippen LogP contribution in [0.2, 0.25) is 0 Å². The zero-order chi connectivity index (χ0) is 95.7. The minimum absolute atomic E-state index is 0.0340. The van der Waals surface area contributed by atoms with Gasteiger partial charge in [0, 0.05) is 118 Å². The number of nitrogen functional groups attached to an aromatic ring is 5. The summed E-state index contributed by atoms with van der Waals surface area (Å²) >= 11 is 6.62.